The lowest BCUT2D eigenvalue weighted by Crippen LogP contribution is -2.47. The fourth-order valence-corrected chi connectivity index (χ4v) is 4.06. The van der Waals surface area contributed by atoms with Crippen molar-refractivity contribution < 1.29 is 19.1 Å². The fourth-order valence-electron chi connectivity index (χ4n) is 4.06. The van der Waals surface area contributed by atoms with Crippen LogP contribution in [0.5, 0.6) is 0 Å². The van der Waals surface area contributed by atoms with Crippen molar-refractivity contribution in [3.8, 4) is 11.1 Å². The van der Waals surface area contributed by atoms with Crippen LogP contribution < -0.4 is 10.6 Å². The highest BCUT2D eigenvalue weighted by Crippen LogP contribution is 2.23. The minimum absolute atomic E-state index is 0.127. The molecule has 1 saturated heterocycles. The SMILES string of the molecule is COCc1ccc(C(=O)Nc2ccc(-c3ccccc3)cc2)cc1NC(=O)[C@@H](C)N1CCOCC1. The Bertz CT molecular complexity index is 1140. The highest BCUT2D eigenvalue weighted by Gasteiger charge is 2.24. The maximum atomic E-state index is 13.0. The summed E-state index contributed by atoms with van der Waals surface area (Å²) in [4.78, 5) is 28.0. The van der Waals surface area contributed by atoms with E-state index in [2.05, 4.69) is 15.5 Å². The summed E-state index contributed by atoms with van der Waals surface area (Å²) in [6, 6.07) is 22.7. The van der Waals surface area contributed by atoms with Crippen molar-refractivity contribution in [1.82, 2.24) is 4.90 Å². The monoisotopic (exact) mass is 473 g/mol. The molecule has 3 aromatic carbocycles. The van der Waals surface area contributed by atoms with Crippen LogP contribution in [0.15, 0.2) is 72.8 Å². The molecule has 2 N–H and O–H groups in total. The standard InChI is InChI=1S/C28H31N3O4/c1-20(31-14-16-35-17-15-31)27(32)30-26-18-23(8-9-24(26)19-34-2)28(33)29-25-12-10-22(11-13-25)21-6-4-3-5-7-21/h3-13,18,20H,14-17,19H2,1-2H3,(H,29,33)(H,30,32)/t20-/m1/s1. The number of rotatable bonds is 8. The van der Waals surface area contributed by atoms with E-state index in [4.69, 9.17) is 9.47 Å². The molecular weight excluding hydrogens is 442 g/mol. The summed E-state index contributed by atoms with van der Waals surface area (Å²) in [5, 5.41) is 5.93. The van der Waals surface area contributed by atoms with Crippen LogP contribution in [0.2, 0.25) is 0 Å². The molecule has 0 bridgehead atoms. The number of nitrogens with one attached hydrogen (secondary N) is 2. The first kappa shape index (κ1) is 24.6. The van der Waals surface area contributed by atoms with E-state index in [9.17, 15) is 9.59 Å². The molecule has 0 aliphatic carbocycles. The quantitative estimate of drug-likeness (QED) is 0.507. The van der Waals surface area contributed by atoms with Crippen LogP contribution in [0.1, 0.15) is 22.8 Å². The maximum Gasteiger partial charge on any atom is 0.255 e. The normalized spacial score (nSPS) is 14.8. The van der Waals surface area contributed by atoms with Crippen LogP contribution in [0.25, 0.3) is 11.1 Å². The molecule has 1 aliphatic rings. The Morgan fingerprint density at radius 3 is 2.31 bits per heavy atom. The van der Waals surface area contributed by atoms with Crippen molar-refractivity contribution in [2.45, 2.75) is 19.6 Å². The summed E-state index contributed by atoms with van der Waals surface area (Å²) >= 11 is 0. The Kier molecular flexibility index (Phi) is 8.26. The van der Waals surface area contributed by atoms with E-state index in [1.54, 1.807) is 19.2 Å². The fraction of sp³-hybridized carbons (Fsp3) is 0.286. The maximum absolute atomic E-state index is 13.0. The summed E-state index contributed by atoms with van der Waals surface area (Å²) in [7, 11) is 1.60. The van der Waals surface area contributed by atoms with E-state index in [1.165, 1.54) is 0 Å². The minimum Gasteiger partial charge on any atom is -0.380 e. The van der Waals surface area contributed by atoms with Gasteiger partial charge in [0.05, 0.1) is 25.9 Å². The lowest BCUT2D eigenvalue weighted by atomic mass is 10.1. The van der Waals surface area contributed by atoms with Crippen LogP contribution >= 0.6 is 0 Å². The van der Waals surface area contributed by atoms with Gasteiger partial charge in [-0.05, 0) is 42.3 Å². The average molecular weight is 474 g/mol. The summed E-state index contributed by atoms with van der Waals surface area (Å²) in [5.74, 6) is -0.378. The third-order valence-corrected chi connectivity index (χ3v) is 6.15. The van der Waals surface area contributed by atoms with Crippen LogP contribution in [0.3, 0.4) is 0 Å². The van der Waals surface area contributed by atoms with E-state index in [0.29, 0.717) is 49.8 Å². The summed E-state index contributed by atoms with van der Waals surface area (Å²) in [6.45, 7) is 4.87. The number of morpholine rings is 1. The second-order valence-corrected chi connectivity index (χ2v) is 8.52. The molecule has 0 saturated carbocycles. The van der Waals surface area contributed by atoms with Gasteiger partial charge in [0, 0.05) is 42.7 Å². The molecule has 1 atom stereocenters. The van der Waals surface area contributed by atoms with E-state index in [1.807, 2.05) is 67.6 Å². The predicted octanol–water partition coefficient (Wildman–Crippen LogP) is 4.41. The summed E-state index contributed by atoms with van der Waals surface area (Å²) in [6.07, 6.45) is 0. The first-order valence-corrected chi connectivity index (χ1v) is 11.8. The van der Waals surface area contributed by atoms with Crippen molar-refractivity contribution in [2.75, 3.05) is 44.0 Å². The third-order valence-electron chi connectivity index (χ3n) is 6.15. The van der Waals surface area contributed by atoms with Gasteiger partial charge < -0.3 is 20.1 Å². The van der Waals surface area contributed by atoms with E-state index in [0.717, 1.165) is 16.7 Å². The molecule has 4 rings (SSSR count). The van der Waals surface area contributed by atoms with Crippen molar-refractivity contribution >= 4 is 23.2 Å². The second kappa shape index (κ2) is 11.8. The van der Waals surface area contributed by atoms with Gasteiger partial charge in [0.25, 0.3) is 5.91 Å². The molecule has 0 spiro atoms. The van der Waals surface area contributed by atoms with E-state index >= 15 is 0 Å². The van der Waals surface area contributed by atoms with Crippen LogP contribution in [0, 0.1) is 0 Å². The lowest BCUT2D eigenvalue weighted by Gasteiger charge is -2.31. The molecule has 0 unspecified atom stereocenters. The summed E-state index contributed by atoms with van der Waals surface area (Å²) in [5.41, 5.74) is 4.72. The van der Waals surface area contributed by atoms with E-state index in [-0.39, 0.29) is 17.9 Å². The van der Waals surface area contributed by atoms with Gasteiger partial charge in [-0.1, -0.05) is 48.5 Å². The molecule has 0 radical (unpaired) electrons. The predicted molar refractivity (Wildman–Crippen MR) is 137 cm³/mol. The summed E-state index contributed by atoms with van der Waals surface area (Å²) < 4.78 is 10.7. The molecule has 1 fully saturated rings. The van der Waals surface area contributed by atoms with E-state index < -0.39 is 0 Å². The van der Waals surface area contributed by atoms with Gasteiger partial charge in [0.2, 0.25) is 5.91 Å². The van der Waals surface area contributed by atoms with Crippen molar-refractivity contribution in [1.29, 1.82) is 0 Å². The highest BCUT2D eigenvalue weighted by atomic mass is 16.5. The zero-order chi connectivity index (χ0) is 24.6. The minimum atomic E-state index is -0.310. The second-order valence-electron chi connectivity index (χ2n) is 8.52. The van der Waals surface area contributed by atoms with Gasteiger partial charge in [-0.3, -0.25) is 14.5 Å². The number of amides is 2. The molecule has 2 amide bonds. The Morgan fingerprint density at radius 2 is 1.63 bits per heavy atom. The van der Waals surface area contributed by atoms with Gasteiger partial charge in [0.1, 0.15) is 0 Å². The molecule has 7 heteroatoms. The Labute approximate surface area is 206 Å². The van der Waals surface area contributed by atoms with Gasteiger partial charge in [-0.2, -0.15) is 0 Å². The molecule has 1 aliphatic heterocycles. The Morgan fingerprint density at radius 1 is 0.943 bits per heavy atom. The van der Waals surface area contributed by atoms with Gasteiger partial charge in [0.15, 0.2) is 0 Å². The number of methoxy groups -OCH3 is 1. The Hall–Kier alpha value is -3.52. The number of benzene rings is 3. The molecule has 0 aromatic heterocycles. The smallest absolute Gasteiger partial charge is 0.255 e. The van der Waals surface area contributed by atoms with Crippen LogP contribution in [-0.2, 0) is 20.9 Å². The molecule has 35 heavy (non-hydrogen) atoms. The number of hydrogen-bond acceptors (Lipinski definition) is 5. The molecular formula is C28H31N3O4. The number of ether oxygens (including phenoxy) is 2. The molecule has 1 heterocycles. The number of carbonyl (C=O) groups is 2. The zero-order valence-electron chi connectivity index (χ0n) is 20.1. The molecule has 3 aromatic rings. The number of carbonyl (C=O) groups excluding carboxylic acids is 2. The van der Waals surface area contributed by atoms with Gasteiger partial charge >= 0.3 is 0 Å². The first-order valence-electron chi connectivity index (χ1n) is 11.8. The van der Waals surface area contributed by atoms with Crippen LogP contribution in [0.4, 0.5) is 11.4 Å². The molecule has 182 valence electrons. The molecule has 7 nitrogen and oxygen atoms in total. The third kappa shape index (κ3) is 6.33. The van der Waals surface area contributed by atoms with Gasteiger partial charge in [-0.15, -0.1) is 0 Å². The number of hydrogen-bond donors (Lipinski definition) is 2. The number of anilines is 2. The topological polar surface area (TPSA) is 79.9 Å². The highest BCUT2D eigenvalue weighted by molar-refractivity contribution is 6.06. The Balaban J connectivity index is 1.46. The van der Waals surface area contributed by atoms with Crippen molar-refractivity contribution in [3.05, 3.63) is 83.9 Å². The lowest BCUT2D eigenvalue weighted by molar-refractivity contribution is -0.122. The zero-order valence-corrected chi connectivity index (χ0v) is 20.1. The largest absolute Gasteiger partial charge is 0.380 e. The first-order chi connectivity index (χ1) is 17.0. The number of nitrogens with zero attached hydrogens (tertiary/aromatic N) is 1. The van der Waals surface area contributed by atoms with Crippen molar-refractivity contribution in [3.63, 3.8) is 0 Å². The van der Waals surface area contributed by atoms with Gasteiger partial charge in [-0.25, -0.2) is 0 Å². The van der Waals surface area contributed by atoms with Crippen molar-refractivity contribution in [2.24, 2.45) is 0 Å². The average Bonchev–Trinajstić information content (AvgIpc) is 2.90. The van der Waals surface area contributed by atoms with Crippen LogP contribution in [-0.4, -0.2) is 56.2 Å².